The number of hydrogen-bond acceptors (Lipinski definition) is 4. The van der Waals surface area contributed by atoms with Gasteiger partial charge in [-0.05, 0) is 11.8 Å². The minimum Gasteiger partial charge on any atom is -0.383 e. The van der Waals surface area contributed by atoms with Crippen molar-refractivity contribution >= 4 is 11.8 Å². The molecule has 0 atom stereocenters. The molecule has 2 saturated heterocycles. The van der Waals surface area contributed by atoms with Crippen molar-refractivity contribution in [2.45, 2.75) is 20.3 Å². The lowest BCUT2D eigenvalue weighted by Crippen LogP contribution is -2.56. The number of rotatable bonds is 5. The second kappa shape index (κ2) is 6.75. The van der Waals surface area contributed by atoms with Gasteiger partial charge in [-0.15, -0.1) is 0 Å². The molecule has 120 valence electrons. The fourth-order valence-electron chi connectivity index (χ4n) is 3.14. The second-order valence-corrected chi connectivity index (χ2v) is 6.85. The van der Waals surface area contributed by atoms with Crippen molar-refractivity contribution < 1.29 is 14.3 Å². The first-order valence-electron chi connectivity index (χ1n) is 7.68. The maximum Gasteiger partial charge on any atom is 0.242 e. The molecule has 2 amide bonds. The van der Waals surface area contributed by atoms with E-state index in [1.807, 2.05) is 0 Å². The van der Waals surface area contributed by atoms with E-state index in [1.54, 1.807) is 16.9 Å². The Labute approximate surface area is 127 Å². The van der Waals surface area contributed by atoms with E-state index in [0.29, 0.717) is 38.2 Å². The quantitative estimate of drug-likeness (QED) is 0.719. The Bertz CT molecular complexity index is 390. The van der Waals surface area contributed by atoms with Gasteiger partial charge in [0.15, 0.2) is 0 Å². The van der Waals surface area contributed by atoms with Gasteiger partial charge >= 0.3 is 0 Å². The smallest absolute Gasteiger partial charge is 0.242 e. The van der Waals surface area contributed by atoms with E-state index >= 15 is 0 Å². The van der Waals surface area contributed by atoms with Crippen LogP contribution in [0.3, 0.4) is 0 Å². The molecule has 2 fully saturated rings. The largest absolute Gasteiger partial charge is 0.383 e. The molecule has 6 heteroatoms. The number of carbonyl (C=O) groups is 2. The zero-order valence-electron chi connectivity index (χ0n) is 13.4. The minimum atomic E-state index is 0.0295. The molecule has 0 saturated carbocycles. The summed E-state index contributed by atoms with van der Waals surface area (Å²) >= 11 is 0. The van der Waals surface area contributed by atoms with Gasteiger partial charge < -0.3 is 14.5 Å². The first kappa shape index (κ1) is 16.2. The van der Waals surface area contributed by atoms with Crippen molar-refractivity contribution in [2.75, 3.05) is 59.5 Å². The van der Waals surface area contributed by atoms with Gasteiger partial charge in [-0.1, -0.05) is 13.8 Å². The van der Waals surface area contributed by atoms with E-state index in [0.717, 1.165) is 19.5 Å². The highest BCUT2D eigenvalue weighted by Gasteiger charge is 2.36. The predicted molar refractivity (Wildman–Crippen MR) is 79.9 cm³/mol. The van der Waals surface area contributed by atoms with Crippen LogP contribution in [-0.2, 0) is 14.3 Å². The van der Waals surface area contributed by atoms with Gasteiger partial charge in [-0.25, -0.2) is 0 Å². The van der Waals surface area contributed by atoms with E-state index in [1.165, 1.54) is 0 Å². The molecular weight excluding hydrogens is 270 g/mol. The number of amides is 2. The molecule has 2 aliphatic heterocycles. The fourth-order valence-corrected chi connectivity index (χ4v) is 3.14. The van der Waals surface area contributed by atoms with Gasteiger partial charge in [0, 0.05) is 39.8 Å². The summed E-state index contributed by atoms with van der Waals surface area (Å²) in [4.78, 5) is 30.1. The highest BCUT2D eigenvalue weighted by atomic mass is 16.5. The molecule has 2 aliphatic rings. The lowest BCUT2D eigenvalue weighted by atomic mass is 9.84. The van der Waals surface area contributed by atoms with Crippen LogP contribution in [0.5, 0.6) is 0 Å². The first-order valence-corrected chi connectivity index (χ1v) is 7.68. The van der Waals surface area contributed by atoms with E-state index < -0.39 is 0 Å². The summed E-state index contributed by atoms with van der Waals surface area (Å²) in [6, 6.07) is 0. The lowest BCUT2D eigenvalue weighted by Gasteiger charge is -2.45. The zero-order chi connectivity index (χ0) is 15.5. The molecule has 6 nitrogen and oxygen atoms in total. The lowest BCUT2D eigenvalue weighted by molar-refractivity contribution is -0.141. The van der Waals surface area contributed by atoms with Gasteiger partial charge in [0.2, 0.25) is 11.8 Å². The molecule has 0 aliphatic carbocycles. The van der Waals surface area contributed by atoms with Crippen molar-refractivity contribution in [3.8, 4) is 0 Å². The number of carbonyl (C=O) groups excluding carboxylic acids is 2. The van der Waals surface area contributed by atoms with Crippen LogP contribution in [0, 0.1) is 5.41 Å². The highest BCUT2D eigenvalue weighted by molar-refractivity contribution is 5.86. The van der Waals surface area contributed by atoms with Crippen LogP contribution in [-0.4, -0.2) is 86.0 Å². The van der Waals surface area contributed by atoms with E-state index in [4.69, 9.17) is 4.74 Å². The first-order chi connectivity index (χ1) is 9.91. The Hall–Kier alpha value is -1.14. The minimum absolute atomic E-state index is 0.0295. The summed E-state index contributed by atoms with van der Waals surface area (Å²) in [6.45, 7) is 9.51. The van der Waals surface area contributed by atoms with Gasteiger partial charge in [-0.2, -0.15) is 0 Å². The topological polar surface area (TPSA) is 53.1 Å². The molecule has 0 aromatic rings. The third-order valence-electron chi connectivity index (χ3n) is 4.12. The Balaban J connectivity index is 1.81. The fraction of sp³-hybridized carbons (Fsp3) is 0.867. The number of hydrogen-bond donors (Lipinski definition) is 0. The standard InChI is InChI=1S/C15H27N3O3/c1-15(2)11-16(12-15)9-13(19)18-6-4-5-17(7-8-21-3)14(20)10-18/h4-12H2,1-3H3. The number of methoxy groups -OCH3 is 1. The SMILES string of the molecule is COCCN1CCCN(C(=O)CN2CC(C)(C)C2)CC1=O. The van der Waals surface area contributed by atoms with Crippen LogP contribution in [0.1, 0.15) is 20.3 Å². The zero-order valence-corrected chi connectivity index (χ0v) is 13.4. The third-order valence-corrected chi connectivity index (χ3v) is 4.12. The van der Waals surface area contributed by atoms with Gasteiger partial charge in [0.05, 0.1) is 19.7 Å². The normalized spacial score (nSPS) is 22.9. The molecule has 0 aromatic heterocycles. The summed E-state index contributed by atoms with van der Waals surface area (Å²) in [5.74, 6) is 0.106. The average molecular weight is 297 g/mol. The van der Waals surface area contributed by atoms with E-state index in [9.17, 15) is 9.59 Å². The number of nitrogens with zero attached hydrogens (tertiary/aromatic N) is 3. The predicted octanol–water partition coefficient (Wildman–Crippen LogP) is 0.0355. The van der Waals surface area contributed by atoms with Crippen LogP contribution < -0.4 is 0 Å². The van der Waals surface area contributed by atoms with Crippen molar-refractivity contribution in [3.05, 3.63) is 0 Å². The number of likely N-dealkylation sites (tertiary alicyclic amines) is 1. The van der Waals surface area contributed by atoms with Crippen LogP contribution in [0.2, 0.25) is 0 Å². The molecule has 0 spiro atoms. The average Bonchev–Trinajstić information content (AvgIpc) is 2.56. The Morgan fingerprint density at radius 3 is 2.62 bits per heavy atom. The van der Waals surface area contributed by atoms with Gasteiger partial charge in [0.25, 0.3) is 0 Å². The third kappa shape index (κ3) is 4.41. The maximum absolute atomic E-state index is 12.3. The summed E-state index contributed by atoms with van der Waals surface area (Å²) in [7, 11) is 1.63. The van der Waals surface area contributed by atoms with Crippen LogP contribution in [0.15, 0.2) is 0 Å². The van der Waals surface area contributed by atoms with Crippen molar-refractivity contribution in [3.63, 3.8) is 0 Å². The summed E-state index contributed by atoms with van der Waals surface area (Å²) in [5, 5.41) is 0. The van der Waals surface area contributed by atoms with Crippen molar-refractivity contribution in [2.24, 2.45) is 5.41 Å². The summed E-state index contributed by atoms with van der Waals surface area (Å²) in [6.07, 6.45) is 0.840. The Morgan fingerprint density at radius 2 is 2.00 bits per heavy atom. The molecule has 21 heavy (non-hydrogen) atoms. The van der Waals surface area contributed by atoms with Crippen LogP contribution in [0.25, 0.3) is 0 Å². The molecule has 2 rings (SSSR count). The monoisotopic (exact) mass is 297 g/mol. The van der Waals surface area contributed by atoms with Crippen molar-refractivity contribution in [1.82, 2.24) is 14.7 Å². The van der Waals surface area contributed by atoms with Gasteiger partial charge in [0.1, 0.15) is 0 Å². The van der Waals surface area contributed by atoms with Crippen LogP contribution in [0.4, 0.5) is 0 Å². The molecular formula is C15H27N3O3. The highest BCUT2D eigenvalue weighted by Crippen LogP contribution is 2.28. The molecule has 0 unspecified atom stereocenters. The molecule has 2 heterocycles. The van der Waals surface area contributed by atoms with Crippen LogP contribution >= 0.6 is 0 Å². The number of ether oxygens (including phenoxy) is 1. The Kier molecular flexibility index (Phi) is 5.22. The molecule has 0 bridgehead atoms. The van der Waals surface area contributed by atoms with Crippen molar-refractivity contribution in [1.29, 1.82) is 0 Å². The summed E-state index contributed by atoms with van der Waals surface area (Å²) in [5.41, 5.74) is 0.325. The van der Waals surface area contributed by atoms with E-state index in [2.05, 4.69) is 18.7 Å². The maximum atomic E-state index is 12.3. The Morgan fingerprint density at radius 1 is 1.29 bits per heavy atom. The second-order valence-electron chi connectivity index (χ2n) is 6.85. The summed E-state index contributed by atoms with van der Waals surface area (Å²) < 4.78 is 5.02. The van der Waals surface area contributed by atoms with Gasteiger partial charge in [-0.3, -0.25) is 14.5 Å². The van der Waals surface area contributed by atoms with E-state index in [-0.39, 0.29) is 18.4 Å². The molecule has 0 N–H and O–H groups in total. The molecule has 0 aromatic carbocycles. The molecule has 0 radical (unpaired) electrons.